The third-order valence-corrected chi connectivity index (χ3v) is 4.80. The molecule has 23 heavy (non-hydrogen) atoms. The minimum Gasteiger partial charge on any atom is -0.444 e. The van der Waals surface area contributed by atoms with E-state index in [9.17, 15) is 4.79 Å². The van der Waals surface area contributed by atoms with Crippen molar-refractivity contribution >= 4 is 6.09 Å². The van der Waals surface area contributed by atoms with E-state index in [1.54, 1.807) is 5.57 Å². The second kappa shape index (κ2) is 8.72. The molecule has 2 N–H and O–H groups in total. The first-order valence-corrected chi connectivity index (χ1v) is 9.32. The summed E-state index contributed by atoms with van der Waals surface area (Å²) in [6, 6.07) is 0.528. The fraction of sp³-hybridized carbons (Fsp3) is 0.842. The van der Waals surface area contributed by atoms with E-state index in [-0.39, 0.29) is 6.09 Å². The summed E-state index contributed by atoms with van der Waals surface area (Å²) >= 11 is 0. The van der Waals surface area contributed by atoms with E-state index >= 15 is 0 Å². The molecule has 4 nitrogen and oxygen atoms in total. The number of hydrogen-bond donors (Lipinski definition) is 2. The maximum atomic E-state index is 11.8. The number of nitrogens with one attached hydrogen (secondary N) is 2. The van der Waals surface area contributed by atoms with Crippen molar-refractivity contribution < 1.29 is 9.53 Å². The summed E-state index contributed by atoms with van der Waals surface area (Å²) in [5.74, 6) is 0.522. The molecule has 0 heterocycles. The van der Waals surface area contributed by atoms with Gasteiger partial charge in [0, 0.05) is 12.6 Å². The van der Waals surface area contributed by atoms with Gasteiger partial charge >= 0.3 is 6.09 Å². The maximum Gasteiger partial charge on any atom is 0.407 e. The van der Waals surface area contributed by atoms with Gasteiger partial charge in [-0.1, -0.05) is 24.5 Å². The minimum atomic E-state index is -0.427. The lowest BCUT2D eigenvalue weighted by Gasteiger charge is -2.33. The summed E-state index contributed by atoms with van der Waals surface area (Å²) < 4.78 is 5.33. The van der Waals surface area contributed by atoms with Gasteiger partial charge in [0.05, 0.1) is 0 Å². The van der Waals surface area contributed by atoms with Gasteiger partial charge in [0.15, 0.2) is 0 Å². The summed E-state index contributed by atoms with van der Waals surface area (Å²) in [6.07, 6.45) is 12.2. The Hall–Kier alpha value is -1.03. The van der Waals surface area contributed by atoms with Crippen molar-refractivity contribution in [1.82, 2.24) is 10.6 Å². The highest BCUT2D eigenvalue weighted by atomic mass is 16.6. The smallest absolute Gasteiger partial charge is 0.407 e. The van der Waals surface area contributed by atoms with Gasteiger partial charge in [0.1, 0.15) is 5.60 Å². The molecule has 1 amide bonds. The Morgan fingerprint density at radius 3 is 2.74 bits per heavy atom. The van der Waals surface area contributed by atoms with Crippen molar-refractivity contribution in [3.63, 3.8) is 0 Å². The standard InChI is InChI=1S/C19H34N2O2/c1-19(2,3)23-18(22)21-14-16-10-6-7-11-17(16)20-13-12-15-8-4-5-9-15/h8,16-17,20H,4-7,9-14H2,1-3H3,(H,21,22). The highest BCUT2D eigenvalue weighted by Gasteiger charge is 2.26. The number of rotatable bonds is 6. The van der Waals surface area contributed by atoms with Crippen LogP contribution in [-0.4, -0.2) is 30.8 Å². The molecular weight excluding hydrogens is 288 g/mol. The van der Waals surface area contributed by atoms with Crippen LogP contribution in [0.1, 0.15) is 72.1 Å². The van der Waals surface area contributed by atoms with Crippen LogP contribution in [0.4, 0.5) is 4.79 Å². The monoisotopic (exact) mass is 322 g/mol. The highest BCUT2D eigenvalue weighted by Crippen LogP contribution is 2.25. The predicted molar refractivity (Wildman–Crippen MR) is 94.5 cm³/mol. The summed E-state index contributed by atoms with van der Waals surface area (Å²) in [6.45, 7) is 7.48. The van der Waals surface area contributed by atoms with Crippen LogP contribution in [0, 0.1) is 5.92 Å². The van der Waals surface area contributed by atoms with Crippen molar-refractivity contribution in [3.05, 3.63) is 11.6 Å². The van der Waals surface area contributed by atoms with Gasteiger partial charge in [-0.15, -0.1) is 0 Å². The summed E-state index contributed by atoms with van der Waals surface area (Å²) in [5, 5.41) is 6.70. The summed E-state index contributed by atoms with van der Waals surface area (Å²) in [5.41, 5.74) is 1.19. The highest BCUT2D eigenvalue weighted by molar-refractivity contribution is 5.67. The summed E-state index contributed by atoms with van der Waals surface area (Å²) in [7, 11) is 0. The SMILES string of the molecule is CC(C)(C)OC(=O)NCC1CCCCC1NCCC1=CCCC1. The molecule has 1 saturated carbocycles. The molecule has 2 unspecified atom stereocenters. The average molecular weight is 322 g/mol. The molecule has 0 aliphatic heterocycles. The Kier molecular flexibility index (Phi) is 6.94. The van der Waals surface area contributed by atoms with Gasteiger partial charge in [-0.2, -0.15) is 0 Å². The zero-order valence-corrected chi connectivity index (χ0v) is 15.1. The maximum absolute atomic E-state index is 11.8. The number of allylic oxidation sites excluding steroid dienone is 1. The first-order chi connectivity index (χ1) is 10.9. The third-order valence-electron chi connectivity index (χ3n) is 4.80. The van der Waals surface area contributed by atoms with Gasteiger partial charge in [0.25, 0.3) is 0 Å². The molecule has 2 rings (SSSR count). The Bertz CT molecular complexity index is 412. The lowest BCUT2D eigenvalue weighted by Crippen LogP contribution is -2.45. The van der Waals surface area contributed by atoms with E-state index in [0.717, 1.165) is 13.1 Å². The lowest BCUT2D eigenvalue weighted by atomic mass is 9.84. The van der Waals surface area contributed by atoms with Crippen LogP contribution >= 0.6 is 0 Å². The van der Waals surface area contributed by atoms with E-state index < -0.39 is 5.60 Å². The Labute approximate surface area is 141 Å². The minimum absolute atomic E-state index is 0.294. The van der Waals surface area contributed by atoms with Gasteiger partial charge in [-0.25, -0.2) is 4.79 Å². The molecule has 2 atom stereocenters. The average Bonchev–Trinajstić information content (AvgIpc) is 2.98. The summed E-state index contributed by atoms with van der Waals surface area (Å²) in [4.78, 5) is 11.8. The predicted octanol–water partition coefficient (Wildman–Crippen LogP) is 4.16. The molecule has 0 aromatic heterocycles. The topological polar surface area (TPSA) is 50.4 Å². The molecule has 4 heteroatoms. The van der Waals surface area contributed by atoms with Crippen molar-refractivity contribution in [2.24, 2.45) is 5.92 Å². The van der Waals surface area contributed by atoms with Crippen LogP contribution in [0.15, 0.2) is 11.6 Å². The first kappa shape index (κ1) is 18.3. The van der Waals surface area contributed by atoms with E-state index in [1.807, 2.05) is 20.8 Å². The normalized spacial score (nSPS) is 25.1. The van der Waals surface area contributed by atoms with E-state index in [2.05, 4.69) is 16.7 Å². The van der Waals surface area contributed by atoms with Crippen LogP contribution in [0.5, 0.6) is 0 Å². The Morgan fingerprint density at radius 1 is 1.26 bits per heavy atom. The third kappa shape index (κ3) is 6.94. The van der Waals surface area contributed by atoms with Crippen LogP contribution in [0.2, 0.25) is 0 Å². The van der Waals surface area contributed by atoms with Crippen molar-refractivity contribution in [2.75, 3.05) is 13.1 Å². The van der Waals surface area contributed by atoms with Crippen LogP contribution in [-0.2, 0) is 4.74 Å². The second-order valence-electron chi connectivity index (χ2n) is 7.99. The molecule has 0 spiro atoms. The molecule has 0 aromatic carbocycles. The zero-order chi connectivity index (χ0) is 16.7. The van der Waals surface area contributed by atoms with Crippen LogP contribution in [0.25, 0.3) is 0 Å². The Morgan fingerprint density at radius 2 is 2.04 bits per heavy atom. The van der Waals surface area contributed by atoms with Gasteiger partial charge in [0.2, 0.25) is 0 Å². The second-order valence-corrected chi connectivity index (χ2v) is 7.99. The van der Waals surface area contributed by atoms with E-state index in [0.29, 0.717) is 12.0 Å². The quantitative estimate of drug-likeness (QED) is 0.722. The molecule has 2 aliphatic carbocycles. The molecule has 0 radical (unpaired) electrons. The molecule has 132 valence electrons. The zero-order valence-electron chi connectivity index (χ0n) is 15.1. The lowest BCUT2D eigenvalue weighted by molar-refractivity contribution is 0.0511. The molecule has 0 aromatic rings. The number of hydrogen-bond acceptors (Lipinski definition) is 3. The van der Waals surface area contributed by atoms with Crippen LogP contribution < -0.4 is 10.6 Å². The molecule has 1 fully saturated rings. The van der Waals surface area contributed by atoms with Crippen molar-refractivity contribution in [3.8, 4) is 0 Å². The van der Waals surface area contributed by atoms with Gasteiger partial charge in [-0.3, -0.25) is 0 Å². The van der Waals surface area contributed by atoms with Crippen LogP contribution in [0.3, 0.4) is 0 Å². The Balaban J connectivity index is 1.70. The van der Waals surface area contributed by atoms with Gasteiger partial charge in [-0.05, 0) is 71.8 Å². The molecule has 2 aliphatic rings. The van der Waals surface area contributed by atoms with Crippen molar-refractivity contribution in [1.29, 1.82) is 0 Å². The molecular formula is C19H34N2O2. The molecule has 0 saturated heterocycles. The number of ether oxygens (including phenoxy) is 1. The fourth-order valence-corrected chi connectivity index (χ4v) is 3.63. The number of alkyl carbamates (subject to hydrolysis) is 1. The van der Waals surface area contributed by atoms with E-state index in [4.69, 9.17) is 4.74 Å². The number of carbonyl (C=O) groups excluding carboxylic acids is 1. The van der Waals surface area contributed by atoms with E-state index in [1.165, 1.54) is 51.4 Å². The largest absolute Gasteiger partial charge is 0.444 e. The first-order valence-electron chi connectivity index (χ1n) is 9.32. The molecule has 0 bridgehead atoms. The van der Waals surface area contributed by atoms with Crippen molar-refractivity contribution in [2.45, 2.75) is 83.8 Å². The fourth-order valence-electron chi connectivity index (χ4n) is 3.63. The number of amides is 1. The number of carbonyl (C=O) groups is 1. The van der Waals surface area contributed by atoms with Gasteiger partial charge < -0.3 is 15.4 Å².